The molecule has 60 heavy (non-hydrogen) atoms. The molecule has 0 fully saturated rings. The molecule has 24 heteroatoms. The summed E-state index contributed by atoms with van der Waals surface area (Å²) in [7, 11) is -1.86. The van der Waals surface area contributed by atoms with Gasteiger partial charge < -0.3 is 51.9 Å². The van der Waals surface area contributed by atoms with Crippen molar-refractivity contribution in [3.8, 4) is 0 Å². The van der Waals surface area contributed by atoms with Gasteiger partial charge in [0.25, 0.3) is 20.2 Å². The SMILES string of the molecule is CC(O)CNc1nc(NCCCN(C)C)nc(Nc2ccc(/C=C/c3ccc(Nc4nc(NCCCN(C)C)nc(NCC(C)O)n4)cc3S(=O)(=O)O)c(S(=O)(=O)O)c2)n1. The first-order valence-electron chi connectivity index (χ1n) is 18.8. The van der Waals surface area contributed by atoms with Crippen LogP contribution in [0.1, 0.15) is 37.8 Å². The number of aliphatic hydroxyl groups is 2. The lowest BCUT2D eigenvalue weighted by Crippen LogP contribution is -2.19. The zero-order valence-corrected chi connectivity index (χ0v) is 35.9. The second-order valence-corrected chi connectivity index (χ2v) is 17.1. The summed E-state index contributed by atoms with van der Waals surface area (Å²) in [6.45, 7) is 6.21. The van der Waals surface area contributed by atoms with Gasteiger partial charge in [0, 0.05) is 37.6 Å². The monoisotopic (exact) mass is 874 g/mol. The number of rotatable bonds is 24. The fraction of sp³-hybridized carbons (Fsp3) is 0.444. The minimum atomic E-state index is -4.84. The number of aromatic nitrogens is 6. The van der Waals surface area contributed by atoms with E-state index < -0.39 is 42.2 Å². The van der Waals surface area contributed by atoms with Crippen LogP contribution >= 0.6 is 0 Å². The molecule has 2 unspecified atom stereocenters. The lowest BCUT2D eigenvalue weighted by atomic mass is 10.1. The highest BCUT2D eigenvalue weighted by Gasteiger charge is 2.19. The molecule has 0 aliphatic heterocycles. The van der Waals surface area contributed by atoms with E-state index in [0.29, 0.717) is 13.1 Å². The number of hydrogen-bond donors (Lipinski definition) is 10. The minimum absolute atomic E-state index is 0.0160. The molecule has 0 radical (unpaired) electrons. The number of nitrogens with zero attached hydrogens (tertiary/aromatic N) is 8. The molecule has 0 aliphatic carbocycles. The maximum Gasteiger partial charge on any atom is 0.295 e. The van der Waals surface area contributed by atoms with Crippen molar-refractivity contribution in [2.24, 2.45) is 0 Å². The molecule has 2 aromatic carbocycles. The quantitative estimate of drug-likeness (QED) is 0.0275. The molecule has 2 heterocycles. The van der Waals surface area contributed by atoms with Crippen molar-refractivity contribution in [2.45, 2.75) is 48.7 Å². The Morgan fingerprint density at radius 3 is 1.22 bits per heavy atom. The van der Waals surface area contributed by atoms with Crippen LogP contribution in [0.4, 0.5) is 47.1 Å². The van der Waals surface area contributed by atoms with Crippen LogP contribution < -0.4 is 31.9 Å². The molecular formula is C36H54N14O8S2. The van der Waals surface area contributed by atoms with Gasteiger partial charge in [-0.15, -0.1) is 0 Å². The van der Waals surface area contributed by atoms with Crippen molar-refractivity contribution in [1.29, 1.82) is 0 Å². The van der Waals surface area contributed by atoms with E-state index in [1.807, 2.05) is 38.0 Å². The Bertz CT molecular complexity index is 2140. The molecule has 0 spiro atoms. The molecular weight excluding hydrogens is 821 g/mol. The zero-order valence-electron chi connectivity index (χ0n) is 34.2. The predicted molar refractivity (Wildman–Crippen MR) is 231 cm³/mol. The Hall–Kier alpha value is -5.34. The first kappa shape index (κ1) is 47.3. The number of hydrogen-bond acceptors (Lipinski definition) is 20. The molecule has 0 aliphatic rings. The van der Waals surface area contributed by atoms with E-state index in [-0.39, 0.29) is 71.3 Å². The molecule has 22 nitrogen and oxygen atoms in total. The third-order valence-corrected chi connectivity index (χ3v) is 9.87. The van der Waals surface area contributed by atoms with Crippen LogP contribution in [0, 0.1) is 0 Å². The first-order chi connectivity index (χ1) is 28.2. The van der Waals surface area contributed by atoms with Crippen LogP contribution in [0.15, 0.2) is 46.2 Å². The summed E-state index contributed by atoms with van der Waals surface area (Å²) in [6.07, 6.45) is 2.71. The molecule has 328 valence electrons. The Labute approximate surface area is 349 Å². The molecule has 2 atom stereocenters. The van der Waals surface area contributed by atoms with E-state index in [4.69, 9.17) is 0 Å². The van der Waals surface area contributed by atoms with Crippen LogP contribution in [0.25, 0.3) is 12.2 Å². The second-order valence-electron chi connectivity index (χ2n) is 14.3. The van der Waals surface area contributed by atoms with Gasteiger partial charge in [-0.2, -0.15) is 46.7 Å². The Kier molecular flexibility index (Phi) is 17.2. The number of aliphatic hydroxyl groups excluding tert-OH is 2. The van der Waals surface area contributed by atoms with E-state index in [1.54, 1.807) is 13.8 Å². The van der Waals surface area contributed by atoms with Crippen LogP contribution in [-0.4, -0.2) is 156 Å². The molecule has 10 N–H and O–H groups in total. The molecule has 4 aromatic rings. The maximum atomic E-state index is 12.6. The second kappa shape index (κ2) is 21.8. The van der Waals surface area contributed by atoms with Gasteiger partial charge in [0.05, 0.1) is 12.2 Å². The molecule has 0 saturated carbocycles. The van der Waals surface area contributed by atoms with Gasteiger partial charge in [-0.05, 0) is 103 Å². The highest BCUT2D eigenvalue weighted by Crippen LogP contribution is 2.28. The van der Waals surface area contributed by atoms with E-state index in [2.05, 4.69) is 61.8 Å². The van der Waals surface area contributed by atoms with Gasteiger partial charge in [-0.1, -0.05) is 24.3 Å². The molecule has 2 aromatic heterocycles. The Morgan fingerprint density at radius 1 is 0.567 bits per heavy atom. The molecule has 0 saturated heterocycles. The first-order valence-corrected chi connectivity index (χ1v) is 21.7. The average molecular weight is 875 g/mol. The largest absolute Gasteiger partial charge is 0.392 e. The van der Waals surface area contributed by atoms with Crippen molar-refractivity contribution in [2.75, 3.05) is 99.4 Å². The average Bonchev–Trinajstić information content (AvgIpc) is 3.15. The number of anilines is 8. The topological polar surface area (TPSA) is 305 Å². The van der Waals surface area contributed by atoms with E-state index in [1.165, 1.54) is 36.4 Å². The highest BCUT2D eigenvalue weighted by molar-refractivity contribution is 7.86. The third-order valence-electron chi connectivity index (χ3n) is 8.05. The van der Waals surface area contributed by atoms with Crippen LogP contribution in [-0.2, 0) is 20.2 Å². The van der Waals surface area contributed by atoms with Crippen molar-refractivity contribution >= 4 is 79.5 Å². The normalized spacial score (nSPS) is 13.1. The van der Waals surface area contributed by atoms with E-state index in [9.17, 15) is 36.2 Å². The van der Waals surface area contributed by atoms with Gasteiger partial charge in [-0.3, -0.25) is 9.11 Å². The summed E-state index contributed by atoms with van der Waals surface area (Å²) in [4.78, 5) is 29.0. The summed E-state index contributed by atoms with van der Waals surface area (Å²) < 4.78 is 70.9. The van der Waals surface area contributed by atoms with Crippen LogP contribution in [0.5, 0.6) is 0 Å². The smallest absolute Gasteiger partial charge is 0.295 e. The fourth-order valence-corrected chi connectivity index (χ4v) is 6.65. The van der Waals surface area contributed by atoms with E-state index in [0.717, 1.165) is 38.1 Å². The lowest BCUT2D eigenvalue weighted by molar-refractivity contribution is 0.207. The molecule has 0 amide bonds. The van der Waals surface area contributed by atoms with Crippen LogP contribution in [0.2, 0.25) is 0 Å². The highest BCUT2D eigenvalue weighted by atomic mass is 32.2. The molecule has 0 bridgehead atoms. The van der Waals surface area contributed by atoms with Gasteiger partial charge >= 0.3 is 0 Å². The Balaban J connectivity index is 1.61. The standard InChI is InChI=1S/C36H54N14O8S2/c1-23(51)21-39-33-43-31(37-15-7-17-49(3)4)45-35(47-33)41-27-13-11-25(29(19-27)59(53,54)55)9-10-26-12-14-28(20-30(26)60(56,57)58)42-36-46-32(38-16-8-18-50(5)6)44-34(48-36)40-22-24(2)52/h9-14,19-20,23-24,51-52H,7-8,15-18,21-22H2,1-6H3,(H,53,54,55)(H,56,57,58)(H3,37,39,41,43,45,47)(H3,38,40,42,44,46,48)/b10-9+. The van der Waals surface area contributed by atoms with Crippen LogP contribution in [0.3, 0.4) is 0 Å². The van der Waals surface area contributed by atoms with Gasteiger partial charge in [0.2, 0.25) is 35.7 Å². The zero-order chi connectivity index (χ0) is 44.0. The number of benzene rings is 2. The van der Waals surface area contributed by atoms with Crippen molar-refractivity contribution in [1.82, 2.24) is 39.7 Å². The van der Waals surface area contributed by atoms with Crippen molar-refractivity contribution < 1.29 is 36.2 Å². The van der Waals surface area contributed by atoms with Crippen molar-refractivity contribution in [3.63, 3.8) is 0 Å². The summed E-state index contributed by atoms with van der Waals surface area (Å²) in [5.74, 6) is 0.789. The molecule has 4 rings (SSSR count). The summed E-state index contributed by atoms with van der Waals surface area (Å²) >= 11 is 0. The third kappa shape index (κ3) is 16.0. The van der Waals surface area contributed by atoms with Crippen molar-refractivity contribution in [3.05, 3.63) is 47.5 Å². The minimum Gasteiger partial charge on any atom is -0.392 e. The lowest BCUT2D eigenvalue weighted by Gasteiger charge is -2.14. The van der Waals surface area contributed by atoms with E-state index >= 15 is 0 Å². The number of nitrogens with one attached hydrogen (secondary N) is 6. The summed E-state index contributed by atoms with van der Waals surface area (Å²) in [5.41, 5.74) is 0.319. The predicted octanol–water partition coefficient (Wildman–Crippen LogP) is 2.52. The Morgan fingerprint density at radius 2 is 0.900 bits per heavy atom. The summed E-state index contributed by atoms with van der Waals surface area (Å²) in [5, 5.41) is 37.4. The maximum absolute atomic E-state index is 12.6. The van der Waals surface area contributed by atoms with Gasteiger partial charge in [0.15, 0.2) is 0 Å². The summed E-state index contributed by atoms with van der Waals surface area (Å²) in [6, 6.07) is 8.02. The van der Waals surface area contributed by atoms with Gasteiger partial charge in [0.1, 0.15) is 9.79 Å². The fourth-order valence-electron chi connectivity index (χ4n) is 5.23. The van der Waals surface area contributed by atoms with Gasteiger partial charge in [-0.25, -0.2) is 0 Å².